The second kappa shape index (κ2) is 18.1. The van der Waals surface area contributed by atoms with E-state index in [1.54, 1.807) is 84.3 Å². The lowest BCUT2D eigenvalue weighted by Crippen LogP contribution is -2.69. The van der Waals surface area contributed by atoms with Crippen molar-refractivity contribution >= 4 is 52.0 Å². The van der Waals surface area contributed by atoms with Crippen LogP contribution in [0.4, 0.5) is 14.9 Å². The number of nitrogens with one attached hydrogen (secondary N) is 2. The number of carbonyl (C=O) groups excluding carboxylic acids is 6. The van der Waals surface area contributed by atoms with Gasteiger partial charge in [0.1, 0.15) is 23.9 Å². The van der Waals surface area contributed by atoms with Crippen molar-refractivity contribution in [3.63, 3.8) is 0 Å². The van der Waals surface area contributed by atoms with Gasteiger partial charge in [-0.15, -0.1) is 0 Å². The number of fused-ring (bicyclic) bond motifs is 6. The van der Waals surface area contributed by atoms with E-state index in [0.717, 1.165) is 10.8 Å². The third kappa shape index (κ3) is 8.90. The van der Waals surface area contributed by atoms with Gasteiger partial charge in [-0.2, -0.15) is 0 Å². The zero-order valence-electron chi connectivity index (χ0n) is 38.1. The number of aliphatic hydroxyl groups is 2. The zero-order chi connectivity index (χ0) is 48.0. The number of benzene rings is 2. The molecule has 1 heterocycles. The summed E-state index contributed by atoms with van der Waals surface area (Å²) >= 11 is 0. The fraction of sp³-hybridized carbons (Fsp3) is 0.500. The number of rotatable bonds is 13. The predicted octanol–water partition coefficient (Wildman–Crippen LogP) is 5.70. The number of aromatic nitrogens is 1. The second-order valence-electron chi connectivity index (χ2n) is 19.8. The Balaban J connectivity index is 0.933. The molecule has 3 aromatic rings. The van der Waals surface area contributed by atoms with Crippen molar-refractivity contribution in [3.8, 4) is 0 Å². The number of halogens is 1. The molecular formula is C50H59FN4O11. The third-order valence-corrected chi connectivity index (χ3v) is 14.5. The van der Waals surface area contributed by atoms with Crippen LogP contribution in [0.15, 0.2) is 84.7 Å². The molecule has 15 nitrogen and oxygen atoms in total. The fourth-order valence-electron chi connectivity index (χ4n) is 11.1. The number of anilines is 1. The van der Waals surface area contributed by atoms with Gasteiger partial charge in [0.25, 0.3) is 0 Å². The van der Waals surface area contributed by atoms with Crippen LogP contribution in [0.2, 0.25) is 0 Å². The van der Waals surface area contributed by atoms with E-state index in [1.807, 2.05) is 18.2 Å². The molecule has 1 aromatic heterocycles. The highest BCUT2D eigenvalue weighted by Gasteiger charge is 2.75. The molecule has 0 aliphatic heterocycles. The maximum atomic E-state index is 17.5. The molecule has 0 saturated heterocycles. The maximum absolute atomic E-state index is 17.5. The number of nitrogens with zero attached hydrogens (tertiary/aromatic N) is 1. The number of hydrogen-bond acceptors (Lipinski definition) is 13. The van der Waals surface area contributed by atoms with Crippen molar-refractivity contribution in [2.75, 3.05) is 18.5 Å². The number of pyridine rings is 1. The minimum Gasteiger partial charge on any atom is -0.460 e. The summed E-state index contributed by atoms with van der Waals surface area (Å²) in [5.41, 5.74) is 0.790. The standard InChI is InChI=1S/C50H59FN4O11/c1-28-19-38-37-14-12-33-21-35(56)15-17-47(33,5)49(37,51)40(57)23-48(38,6)50(28,63)41(58)27-64-42(59)22-39(52)44(61)65-26-29-7-9-30(10-8-29)36(25-54-45(62)66-46(2,3)4)43(60)55-34-13-11-32-24-53-18-16-31(32)20-34/h7-11,13,15-18,20-21,24,28,36-40,57,63H,12,14,19,22-23,25-27,52H2,1-6H3,(H,54,62)(H,55,60)/t28-,36?,37+,38+,39?,40+,47+,48+,49+,50+/m1/s1. The molecule has 0 bridgehead atoms. The van der Waals surface area contributed by atoms with Gasteiger partial charge >= 0.3 is 18.0 Å². The number of allylic oxidation sites excluding steroid dienone is 4. The average molecular weight is 911 g/mol. The molecule has 10 atom stereocenters. The summed E-state index contributed by atoms with van der Waals surface area (Å²) in [7, 11) is 0. The van der Waals surface area contributed by atoms with Crippen molar-refractivity contribution in [1.29, 1.82) is 0 Å². The van der Waals surface area contributed by atoms with E-state index in [4.69, 9.17) is 19.9 Å². The Bertz CT molecular complexity index is 2490. The summed E-state index contributed by atoms with van der Waals surface area (Å²) in [6, 6.07) is 12.4. The summed E-state index contributed by atoms with van der Waals surface area (Å²) in [6.07, 6.45) is 5.59. The predicted molar refractivity (Wildman–Crippen MR) is 240 cm³/mol. The van der Waals surface area contributed by atoms with E-state index >= 15 is 4.39 Å². The smallest absolute Gasteiger partial charge is 0.407 e. The highest BCUT2D eigenvalue weighted by atomic mass is 19.1. The first-order valence-electron chi connectivity index (χ1n) is 22.3. The van der Waals surface area contributed by atoms with E-state index in [2.05, 4.69) is 15.6 Å². The van der Waals surface area contributed by atoms with Crippen LogP contribution in [0.3, 0.4) is 0 Å². The van der Waals surface area contributed by atoms with E-state index in [9.17, 15) is 39.0 Å². The number of esters is 2. The first-order chi connectivity index (χ1) is 31.0. The SMILES string of the molecule is C[C@@H]1C[C@H]2[C@@H]3CCC4=CC(=O)C=C[C@]4(C)[C@@]3(F)[C@@H](O)C[C@]2(C)[C@@]1(O)C(=O)COC(=O)CC(N)C(=O)OCc1ccc(C(CNC(=O)OC(C)(C)C)C(=O)Nc2ccc3cnccc3c2)cc1. The minimum atomic E-state index is -2.14. The lowest BCUT2D eigenvalue weighted by Gasteiger charge is -2.62. The van der Waals surface area contributed by atoms with E-state index < -0.39 is 106 Å². The molecule has 2 aromatic carbocycles. The van der Waals surface area contributed by atoms with Crippen LogP contribution in [0, 0.1) is 28.6 Å². The second-order valence-corrected chi connectivity index (χ2v) is 19.8. The molecule has 352 valence electrons. The van der Waals surface area contributed by atoms with Crippen molar-refractivity contribution in [2.45, 2.75) is 115 Å². The van der Waals surface area contributed by atoms with Crippen molar-refractivity contribution in [2.24, 2.45) is 34.3 Å². The van der Waals surface area contributed by atoms with Crippen LogP contribution in [-0.2, 0) is 44.8 Å². The van der Waals surface area contributed by atoms with E-state index in [-0.39, 0.29) is 25.4 Å². The van der Waals surface area contributed by atoms with Crippen LogP contribution in [0.1, 0.15) is 90.7 Å². The maximum Gasteiger partial charge on any atom is 0.407 e. The van der Waals surface area contributed by atoms with Crippen LogP contribution in [0.25, 0.3) is 10.8 Å². The molecule has 4 aliphatic rings. The lowest BCUT2D eigenvalue weighted by atomic mass is 9.44. The first kappa shape index (κ1) is 48.1. The summed E-state index contributed by atoms with van der Waals surface area (Å²) in [4.78, 5) is 82.3. The van der Waals surface area contributed by atoms with Gasteiger partial charge in [0.2, 0.25) is 11.7 Å². The van der Waals surface area contributed by atoms with Gasteiger partial charge in [-0.1, -0.05) is 55.8 Å². The molecule has 16 heteroatoms. The molecule has 7 rings (SSSR count). The van der Waals surface area contributed by atoms with E-state index in [1.165, 1.54) is 18.2 Å². The van der Waals surface area contributed by atoms with Crippen molar-refractivity contribution in [1.82, 2.24) is 10.3 Å². The number of amides is 2. The van der Waals surface area contributed by atoms with Crippen LogP contribution in [0.5, 0.6) is 0 Å². The molecular weight excluding hydrogens is 852 g/mol. The third-order valence-electron chi connectivity index (χ3n) is 14.5. The van der Waals surface area contributed by atoms with Gasteiger partial charge < -0.3 is 40.8 Å². The monoisotopic (exact) mass is 910 g/mol. The van der Waals surface area contributed by atoms with Gasteiger partial charge in [0.05, 0.1) is 18.4 Å². The zero-order valence-corrected chi connectivity index (χ0v) is 38.1. The van der Waals surface area contributed by atoms with Gasteiger partial charge in [0.15, 0.2) is 18.1 Å². The number of Topliss-reactive ketones (excluding diaryl/α,β-unsaturated/α-hetero) is 1. The van der Waals surface area contributed by atoms with Crippen LogP contribution in [-0.4, -0.2) is 92.9 Å². The number of carbonyl (C=O) groups is 6. The number of ether oxygens (including phenoxy) is 3. The molecule has 2 amide bonds. The number of ketones is 2. The molecule has 3 saturated carbocycles. The van der Waals surface area contributed by atoms with Crippen LogP contribution >= 0.6 is 0 Å². The Morgan fingerprint density at radius 3 is 2.45 bits per heavy atom. The Kier molecular flexibility index (Phi) is 13.2. The van der Waals surface area contributed by atoms with Crippen LogP contribution < -0.4 is 16.4 Å². The van der Waals surface area contributed by atoms with Crippen molar-refractivity contribution in [3.05, 3.63) is 95.9 Å². The summed E-state index contributed by atoms with van der Waals surface area (Å²) in [5, 5.41) is 31.2. The van der Waals surface area contributed by atoms with Gasteiger partial charge in [-0.05, 0) is 112 Å². The first-order valence-corrected chi connectivity index (χ1v) is 22.3. The molecule has 0 spiro atoms. The number of hydrogen-bond donors (Lipinski definition) is 5. The quantitative estimate of drug-likeness (QED) is 0.102. The number of alkyl carbamates (subject to hydrolysis) is 1. The number of alkyl halides is 1. The Morgan fingerprint density at radius 2 is 1.74 bits per heavy atom. The number of nitrogens with two attached hydrogens (primary N) is 1. The Labute approximate surface area is 382 Å². The molecule has 4 aliphatic carbocycles. The molecule has 0 radical (unpaired) electrons. The molecule has 66 heavy (non-hydrogen) atoms. The summed E-state index contributed by atoms with van der Waals surface area (Å²) in [6.45, 7) is 9.08. The lowest BCUT2D eigenvalue weighted by molar-refractivity contribution is -0.220. The molecule has 3 fully saturated rings. The summed E-state index contributed by atoms with van der Waals surface area (Å²) < 4.78 is 33.5. The minimum absolute atomic E-state index is 0.0915. The average Bonchev–Trinajstić information content (AvgIpc) is 3.46. The Hall–Kier alpha value is -5.84. The van der Waals surface area contributed by atoms with Gasteiger partial charge in [0, 0.05) is 46.8 Å². The molecule has 6 N–H and O–H groups in total. The highest BCUT2D eigenvalue weighted by molar-refractivity contribution is 6.01. The summed E-state index contributed by atoms with van der Waals surface area (Å²) in [5.74, 6) is -6.09. The highest BCUT2D eigenvalue weighted by Crippen LogP contribution is 2.70. The molecule has 2 unspecified atom stereocenters. The fourth-order valence-corrected chi connectivity index (χ4v) is 11.1. The topological polar surface area (TPSA) is 234 Å². The normalized spacial score (nSPS) is 29.8. The van der Waals surface area contributed by atoms with Crippen molar-refractivity contribution < 1.29 is 57.6 Å². The largest absolute Gasteiger partial charge is 0.460 e. The van der Waals surface area contributed by atoms with Gasteiger partial charge in [-0.3, -0.25) is 29.0 Å². The van der Waals surface area contributed by atoms with Gasteiger partial charge in [-0.25, -0.2) is 9.18 Å². The Morgan fingerprint density at radius 1 is 1.02 bits per heavy atom. The van der Waals surface area contributed by atoms with E-state index in [0.29, 0.717) is 41.6 Å². The number of aliphatic hydroxyl groups excluding tert-OH is 1.